The number of piperidine rings is 1. The average Bonchev–Trinajstić information content (AvgIpc) is 3.12. The summed E-state index contributed by atoms with van der Waals surface area (Å²) in [7, 11) is 4.95. The maximum atomic E-state index is 13.8. The second kappa shape index (κ2) is 8.02. The number of ether oxygens (including phenoxy) is 1. The molecule has 1 amide bonds. The molecule has 1 saturated heterocycles. The van der Waals surface area contributed by atoms with Crippen LogP contribution >= 0.6 is 0 Å². The number of nitrogens with zero attached hydrogens (tertiary/aromatic N) is 3. The van der Waals surface area contributed by atoms with E-state index in [4.69, 9.17) is 9.26 Å². The number of amides is 1. The molecular weight excluding hydrogens is 377 g/mol. The molecule has 0 atom stereocenters. The van der Waals surface area contributed by atoms with Gasteiger partial charge in [-0.25, -0.2) is 4.39 Å². The first-order chi connectivity index (χ1) is 13.6. The monoisotopic (exact) mass is 405 g/mol. The summed E-state index contributed by atoms with van der Waals surface area (Å²) < 4.78 is 24.4. The number of aliphatic hydroxyl groups is 1. The second-order valence-corrected chi connectivity index (χ2v) is 8.17. The molecule has 0 spiro atoms. The first-order valence-corrected chi connectivity index (χ1v) is 9.66. The molecule has 2 heterocycles. The fourth-order valence-electron chi connectivity index (χ4n) is 3.72. The lowest BCUT2D eigenvalue weighted by Gasteiger charge is -2.37. The maximum Gasteiger partial charge on any atom is 0.261 e. The van der Waals surface area contributed by atoms with Gasteiger partial charge in [0.25, 0.3) is 5.91 Å². The third kappa shape index (κ3) is 4.22. The summed E-state index contributed by atoms with van der Waals surface area (Å²) in [5.74, 6) is 0.213. The van der Waals surface area contributed by atoms with Crippen LogP contribution in [0.15, 0.2) is 22.7 Å². The van der Waals surface area contributed by atoms with Gasteiger partial charge in [-0.1, -0.05) is 5.16 Å². The largest absolute Gasteiger partial charge is 0.494 e. The van der Waals surface area contributed by atoms with E-state index in [0.717, 1.165) is 12.8 Å². The van der Waals surface area contributed by atoms with E-state index < -0.39 is 11.4 Å². The Morgan fingerprint density at radius 1 is 1.34 bits per heavy atom. The molecule has 29 heavy (non-hydrogen) atoms. The van der Waals surface area contributed by atoms with E-state index in [1.807, 2.05) is 0 Å². The van der Waals surface area contributed by atoms with E-state index in [1.54, 1.807) is 37.7 Å². The Kier molecular flexibility index (Phi) is 5.84. The summed E-state index contributed by atoms with van der Waals surface area (Å²) in [6.07, 6.45) is 1.44. The molecule has 1 aromatic carbocycles. The highest BCUT2D eigenvalue weighted by atomic mass is 19.1. The lowest BCUT2D eigenvalue weighted by Crippen LogP contribution is -2.44. The standard InChI is InChI=1S/C21H28FN3O4/c1-21(2,27)14-8-10-25(11-9-14)20(26)17-18(29-23-19(17)24(3)4)13-6-7-15(22)16(12-13)28-5/h6-7,12,14,27H,8-11H2,1-5H3. The van der Waals surface area contributed by atoms with E-state index in [9.17, 15) is 14.3 Å². The number of likely N-dealkylation sites (tertiary alicyclic amines) is 1. The molecule has 3 rings (SSSR count). The van der Waals surface area contributed by atoms with Gasteiger partial charge in [0.05, 0.1) is 12.7 Å². The molecule has 7 nitrogen and oxygen atoms in total. The number of hydrogen-bond donors (Lipinski definition) is 1. The summed E-state index contributed by atoms with van der Waals surface area (Å²) in [4.78, 5) is 16.9. The predicted molar refractivity (Wildman–Crippen MR) is 108 cm³/mol. The summed E-state index contributed by atoms with van der Waals surface area (Å²) in [6.45, 7) is 4.69. The number of anilines is 1. The second-order valence-electron chi connectivity index (χ2n) is 8.17. The molecule has 158 valence electrons. The van der Waals surface area contributed by atoms with Crippen molar-refractivity contribution in [2.24, 2.45) is 5.92 Å². The van der Waals surface area contributed by atoms with Gasteiger partial charge in [0.1, 0.15) is 5.56 Å². The number of aromatic nitrogens is 1. The number of halogens is 1. The smallest absolute Gasteiger partial charge is 0.261 e. The molecule has 2 aromatic rings. The summed E-state index contributed by atoms with van der Waals surface area (Å²) in [5, 5.41) is 14.3. The minimum absolute atomic E-state index is 0.0645. The number of carbonyl (C=O) groups is 1. The molecule has 0 saturated carbocycles. The van der Waals surface area contributed by atoms with Gasteiger partial charge in [-0.05, 0) is 50.8 Å². The zero-order valence-corrected chi connectivity index (χ0v) is 17.5. The number of benzene rings is 1. The van der Waals surface area contributed by atoms with Crippen LogP contribution in [0.3, 0.4) is 0 Å². The van der Waals surface area contributed by atoms with Crippen molar-refractivity contribution in [2.75, 3.05) is 39.2 Å². The first kappa shape index (κ1) is 21.1. The Labute approximate surface area is 170 Å². The van der Waals surface area contributed by atoms with Gasteiger partial charge in [-0.2, -0.15) is 0 Å². The molecule has 1 aromatic heterocycles. The normalized spacial score (nSPS) is 15.5. The molecular formula is C21H28FN3O4. The number of hydrogen-bond acceptors (Lipinski definition) is 6. The van der Waals surface area contributed by atoms with Crippen LogP contribution < -0.4 is 9.64 Å². The molecule has 0 bridgehead atoms. The van der Waals surface area contributed by atoms with Crippen molar-refractivity contribution in [2.45, 2.75) is 32.3 Å². The fourth-order valence-corrected chi connectivity index (χ4v) is 3.72. The van der Waals surface area contributed by atoms with Crippen LogP contribution in [0, 0.1) is 11.7 Å². The first-order valence-electron chi connectivity index (χ1n) is 9.66. The molecule has 0 aliphatic carbocycles. The Bertz CT molecular complexity index is 881. The van der Waals surface area contributed by atoms with Gasteiger partial charge in [0, 0.05) is 32.7 Å². The van der Waals surface area contributed by atoms with Crippen molar-refractivity contribution in [1.82, 2.24) is 10.1 Å². The van der Waals surface area contributed by atoms with Crippen LogP contribution in [0.4, 0.5) is 10.2 Å². The van der Waals surface area contributed by atoms with E-state index in [-0.39, 0.29) is 23.3 Å². The molecule has 1 fully saturated rings. The maximum absolute atomic E-state index is 13.8. The van der Waals surface area contributed by atoms with Gasteiger partial charge in [0.15, 0.2) is 23.1 Å². The lowest BCUT2D eigenvalue weighted by molar-refractivity contribution is -0.0108. The number of rotatable bonds is 5. The summed E-state index contributed by atoms with van der Waals surface area (Å²) >= 11 is 0. The number of methoxy groups -OCH3 is 1. The fraction of sp³-hybridized carbons (Fsp3) is 0.524. The molecule has 0 radical (unpaired) electrons. The predicted octanol–water partition coefficient (Wildman–Crippen LogP) is 3.18. The van der Waals surface area contributed by atoms with Crippen LogP contribution in [-0.2, 0) is 0 Å². The van der Waals surface area contributed by atoms with Crippen LogP contribution in [-0.4, -0.2) is 61.0 Å². The van der Waals surface area contributed by atoms with Crippen molar-refractivity contribution in [3.05, 3.63) is 29.6 Å². The van der Waals surface area contributed by atoms with Crippen molar-refractivity contribution >= 4 is 11.7 Å². The lowest BCUT2D eigenvalue weighted by atomic mass is 9.83. The van der Waals surface area contributed by atoms with E-state index in [0.29, 0.717) is 30.0 Å². The Morgan fingerprint density at radius 3 is 2.55 bits per heavy atom. The van der Waals surface area contributed by atoms with E-state index in [2.05, 4.69) is 5.16 Å². The van der Waals surface area contributed by atoms with Gasteiger partial charge in [-0.15, -0.1) is 0 Å². The highest BCUT2D eigenvalue weighted by molar-refractivity contribution is 6.04. The zero-order valence-electron chi connectivity index (χ0n) is 17.5. The minimum Gasteiger partial charge on any atom is -0.494 e. The van der Waals surface area contributed by atoms with Crippen LogP contribution in [0.25, 0.3) is 11.3 Å². The van der Waals surface area contributed by atoms with Crippen LogP contribution in [0.1, 0.15) is 37.0 Å². The van der Waals surface area contributed by atoms with Crippen molar-refractivity contribution in [1.29, 1.82) is 0 Å². The highest BCUT2D eigenvalue weighted by Crippen LogP contribution is 2.35. The van der Waals surface area contributed by atoms with Crippen molar-refractivity contribution in [3.8, 4) is 17.1 Å². The van der Waals surface area contributed by atoms with Gasteiger partial charge in [0.2, 0.25) is 0 Å². The Morgan fingerprint density at radius 2 is 2.00 bits per heavy atom. The zero-order chi connectivity index (χ0) is 21.3. The topological polar surface area (TPSA) is 79.0 Å². The quantitative estimate of drug-likeness (QED) is 0.823. The van der Waals surface area contributed by atoms with E-state index in [1.165, 1.54) is 25.3 Å². The van der Waals surface area contributed by atoms with Crippen molar-refractivity contribution in [3.63, 3.8) is 0 Å². The molecule has 8 heteroatoms. The minimum atomic E-state index is -0.767. The number of carbonyl (C=O) groups excluding carboxylic acids is 1. The van der Waals surface area contributed by atoms with Gasteiger partial charge < -0.3 is 24.2 Å². The molecule has 1 aliphatic heterocycles. The Balaban J connectivity index is 1.94. The molecule has 0 unspecified atom stereocenters. The Hall–Kier alpha value is -2.61. The highest BCUT2D eigenvalue weighted by Gasteiger charge is 2.35. The van der Waals surface area contributed by atoms with Crippen LogP contribution in [0.2, 0.25) is 0 Å². The third-order valence-corrected chi connectivity index (χ3v) is 5.51. The van der Waals surface area contributed by atoms with Crippen LogP contribution in [0.5, 0.6) is 5.75 Å². The summed E-state index contributed by atoms with van der Waals surface area (Å²) in [5.41, 5.74) is 0.0840. The molecule has 1 N–H and O–H groups in total. The van der Waals surface area contributed by atoms with Gasteiger partial charge >= 0.3 is 0 Å². The van der Waals surface area contributed by atoms with Crippen molar-refractivity contribution < 1.29 is 23.6 Å². The average molecular weight is 405 g/mol. The van der Waals surface area contributed by atoms with E-state index >= 15 is 0 Å². The SMILES string of the molecule is COc1cc(-c2onc(N(C)C)c2C(=O)N2CCC(C(C)(C)O)CC2)ccc1F. The third-order valence-electron chi connectivity index (χ3n) is 5.51. The summed E-state index contributed by atoms with van der Waals surface area (Å²) in [6, 6.07) is 4.30. The molecule has 1 aliphatic rings. The van der Waals surface area contributed by atoms with Gasteiger partial charge in [-0.3, -0.25) is 4.79 Å².